The lowest BCUT2D eigenvalue weighted by molar-refractivity contribution is -0.152. The van der Waals surface area contributed by atoms with Crippen LogP contribution in [-0.4, -0.2) is 69.2 Å². The van der Waals surface area contributed by atoms with Crippen molar-refractivity contribution >= 4 is 18.0 Å². The molecule has 0 bridgehead atoms. The predicted octanol–water partition coefficient (Wildman–Crippen LogP) is 6.77. The Hall–Kier alpha value is -2.13. The van der Waals surface area contributed by atoms with Gasteiger partial charge in [0.05, 0.1) is 26.4 Å². The number of hydrogen-bond acceptors (Lipinski definition) is 7. The monoisotopic (exact) mass is 596 g/mol. The molecule has 0 radical (unpaired) electrons. The molecular weight excluding hydrogens is 536 g/mol. The molecule has 1 unspecified atom stereocenters. The molecule has 0 spiro atoms. The lowest BCUT2D eigenvalue weighted by atomic mass is 9.97. The van der Waals surface area contributed by atoms with Gasteiger partial charge in [0.15, 0.2) is 0 Å². The van der Waals surface area contributed by atoms with Crippen molar-refractivity contribution in [2.24, 2.45) is 0 Å². The maximum absolute atomic E-state index is 12.6. The van der Waals surface area contributed by atoms with Crippen LogP contribution in [-0.2, 0) is 28.5 Å². The van der Waals surface area contributed by atoms with E-state index in [1.807, 2.05) is 0 Å². The van der Waals surface area contributed by atoms with Gasteiger partial charge in [-0.2, -0.15) is 0 Å². The number of unbranched alkanes of at least 4 members (excludes halogenated alkanes) is 11. The molecule has 1 rings (SSSR count). The lowest BCUT2D eigenvalue weighted by Crippen LogP contribution is -2.39. The highest BCUT2D eigenvalue weighted by Gasteiger charge is 2.30. The molecular formula is C33H60N2O7. The van der Waals surface area contributed by atoms with Gasteiger partial charge in [-0.25, -0.2) is 4.79 Å². The highest BCUT2D eigenvalue weighted by molar-refractivity contribution is 5.76. The summed E-state index contributed by atoms with van der Waals surface area (Å²) in [6, 6.07) is 0. The summed E-state index contributed by atoms with van der Waals surface area (Å²) in [4.78, 5) is 37.2. The van der Waals surface area contributed by atoms with E-state index >= 15 is 0 Å². The zero-order valence-corrected chi connectivity index (χ0v) is 26.9. The van der Waals surface area contributed by atoms with E-state index in [2.05, 4.69) is 29.7 Å². The summed E-state index contributed by atoms with van der Waals surface area (Å²) in [6.07, 6.45) is 20.4. The number of allylic oxidation sites excluding steroid dienone is 2. The van der Waals surface area contributed by atoms with Gasteiger partial charge in [-0.3, -0.25) is 9.59 Å². The number of carbonyl (C=O) groups excluding carboxylic acids is 3. The quantitative estimate of drug-likeness (QED) is 0.115. The topological polar surface area (TPSA) is 112 Å². The van der Waals surface area contributed by atoms with Crippen LogP contribution in [0.25, 0.3) is 0 Å². The molecule has 42 heavy (non-hydrogen) atoms. The summed E-state index contributed by atoms with van der Waals surface area (Å²) in [6.45, 7) is 8.08. The first kappa shape index (κ1) is 37.9. The number of esters is 1. The molecule has 1 atom stereocenters. The van der Waals surface area contributed by atoms with Crippen molar-refractivity contribution in [3.8, 4) is 0 Å². The molecule has 0 saturated carbocycles. The summed E-state index contributed by atoms with van der Waals surface area (Å²) in [5, 5.41) is 5.50. The van der Waals surface area contributed by atoms with E-state index in [0.717, 1.165) is 25.7 Å². The van der Waals surface area contributed by atoms with Gasteiger partial charge in [0.25, 0.3) is 0 Å². The smallest absolute Gasteiger partial charge is 0.407 e. The highest BCUT2D eigenvalue weighted by atomic mass is 16.6. The Labute approximate surface area is 255 Å². The Balaban J connectivity index is 2.34. The van der Waals surface area contributed by atoms with Gasteiger partial charge in [0.2, 0.25) is 5.91 Å². The van der Waals surface area contributed by atoms with Crippen LogP contribution < -0.4 is 10.6 Å². The number of cyclic esters (lactones) is 1. The molecule has 1 fully saturated rings. The maximum Gasteiger partial charge on any atom is 0.407 e. The molecule has 9 nitrogen and oxygen atoms in total. The second-order valence-electron chi connectivity index (χ2n) is 11.8. The SMILES string of the molecule is CCCCCCCC/C=C\CCCCCCCC(=O)OC1CCC(=O)NCCOCCOCCNC(=O)OC(C)(C)C1. The van der Waals surface area contributed by atoms with Gasteiger partial charge in [-0.05, 0) is 52.4 Å². The molecule has 0 aliphatic carbocycles. The summed E-state index contributed by atoms with van der Waals surface area (Å²) < 4.78 is 22.2. The zero-order valence-electron chi connectivity index (χ0n) is 26.9. The van der Waals surface area contributed by atoms with E-state index in [9.17, 15) is 14.4 Å². The van der Waals surface area contributed by atoms with Gasteiger partial charge < -0.3 is 29.6 Å². The Morgan fingerprint density at radius 1 is 0.833 bits per heavy atom. The molecule has 1 aliphatic rings. The van der Waals surface area contributed by atoms with Crippen LogP contribution in [0.4, 0.5) is 4.79 Å². The van der Waals surface area contributed by atoms with Crippen molar-refractivity contribution in [1.29, 1.82) is 0 Å². The molecule has 9 heteroatoms. The Kier molecular flexibility index (Phi) is 22.9. The third-order valence-corrected chi connectivity index (χ3v) is 7.18. The van der Waals surface area contributed by atoms with Crippen LogP contribution in [0.15, 0.2) is 12.2 Å². The molecule has 1 saturated heterocycles. The van der Waals surface area contributed by atoms with Crippen LogP contribution in [0, 0.1) is 0 Å². The fourth-order valence-corrected chi connectivity index (χ4v) is 4.85. The van der Waals surface area contributed by atoms with E-state index in [4.69, 9.17) is 18.9 Å². The number of alkyl carbamates (subject to hydrolysis) is 1. The number of nitrogens with one attached hydrogen (secondary N) is 2. The van der Waals surface area contributed by atoms with Crippen molar-refractivity contribution < 1.29 is 33.3 Å². The third-order valence-electron chi connectivity index (χ3n) is 7.18. The number of hydrogen-bond donors (Lipinski definition) is 2. The normalized spacial score (nSPS) is 19.7. The predicted molar refractivity (Wildman–Crippen MR) is 166 cm³/mol. The molecule has 1 heterocycles. The number of amides is 2. The Morgan fingerprint density at radius 3 is 2.05 bits per heavy atom. The van der Waals surface area contributed by atoms with Gasteiger partial charge in [-0.15, -0.1) is 0 Å². The van der Waals surface area contributed by atoms with E-state index in [-0.39, 0.29) is 18.3 Å². The minimum Gasteiger partial charge on any atom is -0.462 e. The molecule has 2 N–H and O–H groups in total. The second-order valence-corrected chi connectivity index (χ2v) is 11.8. The van der Waals surface area contributed by atoms with Crippen molar-refractivity contribution in [3.05, 3.63) is 12.2 Å². The number of ether oxygens (including phenoxy) is 4. The summed E-state index contributed by atoms with van der Waals surface area (Å²) in [7, 11) is 0. The Morgan fingerprint density at radius 2 is 1.40 bits per heavy atom. The molecule has 1 aliphatic heterocycles. The van der Waals surface area contributed by atoms with Crippen molar-refractivity contribution in [1.82, 2.24) is 10.6 Å². The molecule has 244 valence electrons. The molecule has 2 amide bonds. The van der Waals surface area contributed by atoms with Crippen molar-refractivity contribution in [2.75, 3.05) is 39.5 Å². The summed E-state index contributed by atoms with van der Waals surface area (Å²) in [5.41, 5.74) is -0.880. The minimum absolute atomic E-state index is 0.134. The zero-order chi connectivity index (χ0) is 30.7. The number of carbonyl (C=O) groups is 3. The fourth-order valence-electron chi connectivity index (χ4n) is 4.85. The molecule has 0 aromatic carbocycles. The van der Waals surface area contributed by atoms with Gasteiger partial charge >= 0.3 is 12.1 Å². The van der Waals surface area contributed by atoms with Crippen LogP contribution in [0.1, 0.15) is 130 Å². The minimum atomic E-state index is -0.880. The van der Waals surface area contributed by atoms with Crippen LogP contribution in [0.2, 0.25) is 0 Å². The first-order valence-electron chi connectivity index (χ1n) is 16.6. The van der Waals surface area contributed by atoms with Crippen LogP contribution in [0.3, 0.4) is 0 Å². The van der Waals surface area contributed by atoms with E-state index < -0.39 is 17.8 Å². The van der Waals surface area contributed by atoms with Crippen molar-refractivity contribution in [2.45, 2.75) is 142 Å². The van der Waals surface area contributed by atoms with E-state index in [0.29, 0.717) is 58.8 Å². The molecule has 0 aromatic rings. The van der Waals surface area contributed by atoms with Gasteiger partial charge in [-0.1, -0.05) is 70.4 Å². The second kappa shape index (κ2) is 25.4. The Bertz CT molecular complexity index is 742. The highest BCUT2D eigenvalue weighted by Crippen LogP contribution is 2.23. The number of rotatable bonds is 16. The van der Waals surface area contributed by atoms with Gasteiger partial charge in [0.1, 0.15) is 11.7 Å². The standard InChI is InChI=1S/C33H60N2O7/c1-4-5-6-7-8-9-10-11-12-13-14-15-16-17-18-19-31(37)41-29-20-21-30(36)34-22-24-39-26-27-40-25-23-35-32(38)42-33(2,3)28-29/h11-12,29H,4-10,13-28H2,1-3H3,(H,34,36)(H,35,38)/b12-11-. The van der Waals surface area contributed by atoms with Crippen LogP contribution in [0.5, 0.6) is 0 Å². The fraction of sp³-hybridized carbons (Fsp3) is 0.848. The summed E-state index contributed by atoms with van der Waals surface area (Å²) in [5.74, 6) is -0.406. The third kappa shape index (κ3) is 23.4. The van der Waals surface area contributed by atoms with Crippen molar-refractivity contribution in [3.63, 3.8) is 0 Å². The van der Waals surface area contributed by atoms with E-state index in [1.54, 1.807) is 13.8 Å². The average molecular weight is 597 g/mol. The summed E-state index contributed by atoms with van der Waals surface area (Å²) >= 11 is 0. The molecule has 0 aromatic heterocycles. The van der Waals surface area contributed by atoms with E-state index in [1.165, 1.54) is 57.8 Å². The largest absolute Gasteiger partial charge is 0.462 e. The first-order chi connectivity index (χ1) is 20.3. The maximum atomic E-state index is 12.6. The average Bonchev–Trinajstić information content (AvgIpc) is 2.93. The lowest BCUT2D eigenvalue weighted by Gasteiger charge is -2.29. The first-order valence-corrected chi connectivity index (χ1v) is 16.6. The van der Waals surface area contributed by atoms with Gasteiger partial charge in [0, 0.05) is 32.4 Å². The van der Waals surface area contributed by atoms with Crippen LogP contribution >= 0.6 is 0 Å².